The van der Waals surface area contributed by atoms with Gasteiger partial charge in [-0.25, -0.2) is 0 Å². The summed E-state index contributed by atoms with van der Waals surface area (Å²) in [5, 5.41) is 15.0. The number of fused-ring (bicyclic) bond motifs is 1. The number of hydrogen-bond acceptors (Lipinski definition) is 5. The number of benzene rings is 1. The van der Waals surface area contributed by atoms with E-state index in [2.05, 4.69) is 17.6 Å². The highest BCUT2D eigenvalue weighted by molar-refractivity contribution is 8.02. The number of nitrogens with zero attached hydrogens (tertiary/aromatic N) is 1. The number of hydrogen-bond donors (Lipinski definition) is 3. The second kappa shape index (κ2) is 10.1. The van der Waals surface area contributed by atoms with E-state index < -0.39 is 16.7 Å². The lowest BCUT2D eigenvalue weighted by atomic mass is 9.66. The number of unbranched alkanes of at least 4 members (excludes halogenated alkanes) is 3. The first-order valence-corrected chi connectivity index (χ1v) is 13.0. The van der Waals surface area contributed by atoms with E-state index in [4.69, 9.17) is 5.11 Å². The SMILES string of the molecule is CNC(=O)[C@@H]1[C@@H]2CC(C)C3(S2)C(C(=O)NCc2ccccc2)N(CCCCCCO)C(=O)[C@H]13. The molecule has 8 heteroatoms. The van der Waals surface area contributed by atoms with Crippen LogP contribution in [0.3, 0.4) is 0 Å². The smallest absolute Gasteiger partial charge is 0.244 e. The molecule has 180 valence electrons. The lowest BCUT2D eigenvalue weighted by Gasteiger charge is -2.38. The second-order valence-electron chi connectivity index (χ2n) is 9.54. The topological polar surface area (TPSA) is 98.7 Å². The van der Waals surface area contributed by atoms with Gasteiger partial charge in [0.15, 0.2) is 0 Å². The first-order chi connectivity index (χ1) is 16.0. The molecule has 33 heavy (non-hydrogen) atoms. The van der Waals surface area contributed by atoms with E-state index in [0.29, 0.717) is 13.1 Å². The van der Waals surface area contributed by atoms with E-state index >= 15 is 0 Å². The zero-order valence-corrected chi connectivity index (χ0v) is 20.3. The summed E-state index contributed by atoms with van der Waals surface area (Å²) in [6, 6.07) is 9.20. The van der Waals surface area contributed by atoms with Crippen molar-refractivity contribution in [3.63, 3.8) is 0 Å². The first-order valence-electron chi connectivity index (χ1n) is 12.1. The molecule has 0 aliphatic carbocycles. The summed E-state index contributed by atoms with van der Waals surface area (Å²) in [6.45, 7) is 3.22. The van der Waals surface area contributed by atoms with Gasteiger partial charge in [0.2, 0.25) is 17.7 Å². The predicted octanol–water partition coefficient (Wildman–Crippen LogP) is 1.94. The average Bonchev–Trinajstić information content (AvgIpc) is 3.41. The van der Waals surface area contributed by atoms with Crippen LogP contribution in [0.2, 0.25) is 0 Å². The van der Waals surface area contributed by atoms with Gasteiger partial charge in [0.05, 0.1) is 16.6 Å². The maximum absolute atomic E-state index is 13.8. The Balaban J connectivity index is 1.60. The molecule has 7 nitrogen and oxygen atoms in total. The Morgan fingerprint density at radius 3 is 2.58 bits per heavy atom. The monoisotopic (exact) mass is 473 g/mol. The maximum Gasteiger partial charge on any atom is 0.244 e. The molecule has 3 aliphatic heterocycles. The number of amides is 3. The normalized spacial score (nSPS) is 32.2. The molecule has 0 saturated carbocycles. The number of thioether (sulfide) groups is 1. The Morgan fingerprint density at radius 1 is 1.15 bits per heavy atom. The summed E-state index contributed by atoms with van der Waals surface area (Å²) in [7, 11) is 1.62. The van der Waals surface area contributed by atoms with Gasteiger partial charge in [-0.3, -0.25) is 14.4 Å². The quantitative estimate of drug-likeness (QED) is 0.451. The Labute approximate surface area is 200 Å². The van der Waals surface area contributed by atoms with Crippen LogP contribution in [0.15, 0.2) is 30.3 Å². The summed E-state index contributed by atoms with van der Waals surface area (Å²) in [5.74, 6) is -0.925. The molecule has 4 rings (SSSR count). The molecule has 1 aromatic rings. The van der Waals surface area contributed by atoms with E-state index in [0.717, 1.165) is 37.7 Å². The van der Waals surface area contributed by atoms with Gasteiger partial charge < -0.3 is 20.6 Å². The van der Waals surface area contributed by atoms with Gasteiger partial charge in [0.1, 0.15) is 6.04 Å². The number of aliphatic hydroxyl groups is 1. The van der Waals surface area contributed by atoms with Crippen LogP contribution < -0.4 is 10.6 Å². The van der Waals surface area contributed by atoms with E-state index in [9.17, 15) is 14.4 Å². The van der Waals surface area contributed by atoms with Crippen molar-refractivity contribution in [2.24, 2.45) is 17.8 Å². The molecule has 1 aromatic carbocycles. The minimum Gasteiger partial charge on any atom is -0.396 e. The van der Waals surface area contributed by atoms with Gasteiger partial charge in [-0.1, -0.05) is 50.1 Å². The number of rotatable bonds is 10. The van der Waals surface area contributed by atoms with Gasteiger partial charge in [-0.15, -0.1) is 11.8 Å². The number of likely N-dealkylation sites (tertiary alicyclic amines) is 1. The van der Waals surface area contributed by atoms with E-state index in [1.165, 1.54) is 0 Å². The molecule has 2 bridgehead atoms. The third-order valence-electron chi connectivity index (χ3n) is 7.66. The van der Waals surface area contributed by atoms with Crippen LogP contribution in [0.1, 0.15) is 44.6 Å². The van der Waals surface area contributed by atoms with Crippen LogP contribution in [0.5, 0.6) is 0 Å². The van der Waals surface area contributed by atoms with Crippen LogP contribution >= 0.6 is 11.8 Å². The van der Waals surface area contributed by atoms with E-state index in [-0.39, 0.29) is 41.4 Å². The molecule has 3 unspecified atom stereocenters. The number of carbonyl (C=O) groups excluding carboxylic acids is 3. The highest BCUT2D eigenvalue weighted by Crippen LogP contribution is 2.68. The Morgan fingerprint density at radius 2 is 1.88 bits per heavy atom. The fourth-order valence-electron chi connectivity index (χ4n) is 6.16. The number of nitrogens with one attached hydrogen (secondary N) is 2. The van der Waals surface area contributed by atoms with Crippen molar-refractivity contribution in [2.45, 2.75) is 61.6 Å². The Bertz CT molecular complexity index is 882. The van der Waals surface area contributed by atoms with Crippen LogP contribution in [-0.4, -0.2) is 64.0 Å². The number of carbonyl (C=O) groups is 3. The molecule has 6 atom stereocenters. The maximum atomic E-state index is 13.8. The Kier molecular flexibility index (Phi) is 7.34. The zero-order chi connectivity index (χ0) is 23.6. The van der Waals surface area contributed by atoms with Crippen LogP contribution in [0.25, 0.3) is 0 Å². The fourth-order valence-corrected chi connectivity index (χ4v) is 8.58. The standard InChI is InChI=1S/C25H35N3O4S/c1-16-14-18-19(22(30)26-2)20-24(32)28(12-8-3-4-9-13-29)21(25(16,20)33-18)23(31)27-15-17-10-6-5-7-11-17/h5-7,10-11,16,18-21,29H,3-4,8-9,12-15H2,1-2H3,(H,26,30)(H,27,31)/t16?,18-,19+,20-,21?,25?/m0/s1. The van der Waals surface area contributed by atoms with Crippen molar-refractivity contribution < 1.29 is 19.5 Å². The van der Waals surface area contributed by atoms with Crippen molar-refractivity contribution in [1.29, 1.82) is 0 Å². The third kappa shape index (κ3) is 4.16. The predicted molar refractivity (Wildman–Crippen MR) is 128 cm³/mol. The van der Waals surface area contributed by atoms with Crippen LogP contribution in [0.4, 0.5) is 0 Å². The molecule has 3 saturated heterocycles. The number of aliphatic hydroxyl groups excluding tert-OH is 1. The van der Waals surface area contributed by atoms with Gasteiger partial charge in [-0.2, -0.15) is 0 Å². The highest BCUT2D eigenvalue weighted by atomic mass is 32.2. The van der Waals surface area contributed by atoms with Crippen molar-refractivity contribution >= 4 is 29.5 Å². The van der Waals surface area contributed by atoms with Gasteiger partial charge in [0, 0.05) is 32.0 Å². The highest BCUT2D eigenvalue weighted by Gasteiger charge is 2.75. The van der Waals surface area contributed by atoms with Gasteiger partial charge >= 0.3 is 0 Å². The summed E-state index contributed by atoms with van der Waals surface area (Å²) in [4.78, 5) is 42.0. The second-order valence-corrected chi connectivity index (χ2v) is 11.1. The first kappa shape index (κ1) is 24.1. The fraction of sp³-hybridized carbons (Fsp3) is 0.640. The van der Waals surface area contributed by atoms with Crippen molar-refractivity contribution in [2.75, 3.05) is 20.2 Å². The lowest BCUT2D eigenvalue weighted by Crippen LogP contribution is -2.56. The van der Waals surface area contributed by atoms with Crippen molar-refractivity contribution in [3.05, 3.63) is 35.9 Å². The average molecular weight is 474 g/mol. The minimum absolute atomic E-state index is 0.0489. The van der Waals surface area contributed by atoms with Crippen molar-refractivity contribution in [1.82, 2.24) is 15.5 Å². The van der Waals surface area contributed by atoms with Gasteiger partial charge in [-0.05, 0) is 30.7 Å². The van der Waals surface area contributed by atoms with Crippen molar-refractivity contribution in [3.8, 4) is 0 Å². The molecule has 3 N–H and O–H groups in total. The van der Waals surface area contributed by atoms with E-state index in [1.54, 1.807) is 23.7 Å². The molecule has 0 radical (unpaired) electrons. The molecule has 3 fully saturated rings. The summed E-state index contributed by atoms with van der Waals surface area (Å²) in [5.41, 5.74) is 1.01. The molecule has 3 amide bonds. The molecular formula is C25H35N3O4S. The largest absolute Gasteiger partial charge is 0.396 e. The zero-order valence-electron chi connectivity index (χ0n) is 19.5. The molecular weight excluding hydrogens is 438 g/mol. The third-order valence-corrected chi connectivity index (χ3v) is 9.74. The summed E-state index contributed by atoms with van der Waals surface area (Å²) in [6.07, 6.45) is 4.16. The molecule has 0 aromatic heterocycles. The minimum atomic E-state index is -0.573. The summed E-state index contributed by atoms with van der Waals surface area (Å²) < 4.78 is -0.565. The van der Waals surface area contributed by atoms with Crippen LogP contribution in [-0.2, 0) is 20.9 Å². The van der Waals surface area contributed by atoms with Gasteiger partial charge in [0.25, 0.3) is 0 Å². The molecule has 1 spiro atoms. The lowest BCUT2D eigenvalue weighted by molar-refractivity contribution is -0.140. The summed E-state index contributed by atoms with van der Waals surface area (Å²) >= 11 is 1.71. The molecule has 3 heterocycles. The molecule has 3 aliphatic rings. The Hall–Kier alpha value is -2.06. The van der Waals surface area contributed by atoms with Crippen LogP contribution in [0, 0.1) is 17.8 Å². The van der Waals surface area contributed by atoms with E-state index in [1.807, 2.05) is 30.3 Å².